The molecule has 0 amide bonds. The zero-order chi connectivity index (χ0) is 14.2. The SMILES string of the molecule is [O-]/N=[N+](\[O-])N(CCc1ccccc1)Cc1ccccc1. The summed E-state index contributed by atoms with van der Waals surface area (Å²) in [5.41, 5.74) is 2.08. The first-order chi connectivity index (χ1) is 9.79. The molecule has 0 aliphatic heterocycles. The average molecular weight is 270 g/mol. The molecule has 2 rings (SSSR count). The van der Waals surface area contributed by atoms with Crippen molar-refractivity contribution in [1.29, 1.82) is 0 Å². The first-order valence-corrected chi connectivity index (χ1v) is 6.43. The molecule has 0 aliphatic carbocycles. The Morgan fingerprint density at radius 2 is 1.45 bits per heavy atom. The van der Waals surface area contributed by atoms with Crippen molar-refractivity contribution in [3.63, 3.8) is 0 Å². The average Bonchev–Trinajstić information content (AvgIpc) is 2.52. The zero-order valence-electron chi connectivity index (χ0n) is 11.1. The van der Waals surface area contributed by atoms with E-state index in [1.54, 1.807) is 0 Å². The maximum Gasteiger partial charge on any atom is 0.102 e. The smallest absolute Gasteiger partial charge is 0.102 e. The standard InChI is InChI=1S/C15H17N3O2/c19-16-18(20)17(13-15-9-5-2-6-10-15)12-11-14-7-3-1-4-8-14/h1-10,19H,11-13H2/p-1/b18-16-. The minimum Gasteiger partial charge on any atom is -0.737 e. The van der Waals surface area contributed by atoms with Crippen LogP contribution >= 0.6 is 0 Å². The van der Waals surface area contributed by atoms with Gasteiger partial charge in [-0.1, -0.05) is 60.7 Å². The molecule has 0 bridgehead atoms. The van der Waals surface area contributed by atoms with E-state index in [4.69, 9.17) is 0 Å². The minimum absolute atomic E-state index is 0.121. The molecule has 0 unspecified atom stereocenters. The number of hydrogen-bond donors (Lipinski definition) is 0. The van der Waals surface area contributed by atoms with Gasteiger partial charge in [0, 0.05) is 4.97 Å². The zero-order valence-corrected chi connectivity index (χ0v) is 11.1. The summed E-state index contributed by atoms with van der Waals surface area (Å²) in [6, 6.07) is 19.3. The molecule has 0 aliphatic rings. The van der Waals surface area contributed by atoms with Crippen molar-refractivity contribution in [2.75, 3.05) is 6.54 Å². The Morgan fingerprint density at radius 1 is 0.900 bits per heavy atom. The first kappa shape index (κ1) is 13.9. The van der Waals surface area contributed by atoms with Crippen LogP contribution in [0.3, 0.4) is 0 Å². The van der Waals surface area contributed by atoms with Crippen molar-refractivity contribution in [2.24, 2.45) is 5.28 Å². The van der Waals surface area contributed by atoms with Crippen LogP contribution in [0.25, 0.3) is 0 Å². The summed E-state index contributed by atoms with van der Waals surface area (Å²) < 4.78 is 0. The predicted octanol–water partition coefficient (Wildman–Crippen LogP) is 3.11. The summed E-state index contributed by atoms with van der Waals surface area (Å²) in [4.78, 5) is 0.121. The number of nitrogens with zero attached hydrogens (tertiary/aromatic N) is 3. The van der Waals surface area contributed by atoms with Crippen molar-refractivity contribution in [3.05, 3.63) is 82.2 Å². The molecule has 0 spiro atoms. The lowest BCUT2D eigenvalue weighted by atomic mass is 10.1. The molecule has 5 nitrogen and oxygen atoms in total. The fourth-order valence-electron chi connectivity index (χ4n) is 1.97. The molecule has 0 heterocycles. The fourth-order valence-corrected chi connectivity index (χ4v) is 1.97. The molecule has 5 heteroatoms. The lowest BCUT2D eigenvalue weighted by Crippen LogP contribution is -2.32. The molecule has 0 atom stereocenters. The maximum absolute atomic E-state index is 11.5. The van der Waals surface area contributed by atoms with E-state index in [1.807, 2.05) is 60.7 Å². The van der Waals surface area contributed by atoms with E-state index in [2.05, 4.69) is 5.28 Å². The molecule has 0 aromatic heterocycles. The second-order valence-electron chi connectivity index (χ2n) is 4.44. The van der Waals surface area contributed by atoms with Crippen LogP contribution in [0.5, 0.6) is 0 Å². The van der Waals surface area contributed by atoms with Gasteiger partial charge in [0.2, 0.25) is 0 Å². The quantitative estimate of drug-likeness (QED) is 0.460. The monoisotopic (exact) mass is 270 g/mol. The van der Waals surface area contributed by atoms with Gasteiger partial charge >= 0.3 is 0 Å². The highest BCUT2D eigenvalue weighted by Gasteiger charge is 2.12. The van der Waals surface area contributed by atoms with E-state index < -0.39 is 0 Å². The van der Waals surface area contributed by atoms with Crippen LogP contribution in [0.4, 0.5) is 0 Å². The molecule has 2 aromatic carbocycles. The normalized spacial score (nSPS) is 11.3. The summed E-state index contributed by atoms with van der Waals surface area (Å²) in [5.74, 6) is 0. The Morgan fingerprint density at radius 3 is 2.00 bits per heavy atom. The van der Waals surface area contributed by atoms with Crippen LogP contribution in [0.1, 0.15) is 11.1 Å². The second-order valence-corrected chi connectivity index (χ2v) is 4.44. The van der Waals surface area contributed by atoms with E-state index in [1.165, 1.54) is 5.01 Å². The third-order valence-electron chi connectivity index (χ3n) is 3.02. The molecule has 2 aromatic rings. The lowest BCUT2D eigenvalue weighted by molar-refractivity contribution is -0.694. The van der Waals surface area contributed by atoms with Crippen molar-refractivity contribution < 1.29 is 4.97 Å². The van der Waals surface area contributed by atoms with Crippen LogP contribution in [0.15, 0.2) is 65.9 Å². The summed E-state index contributed by atoms with van der Waals surface area (Å²) >= 11 is 0. The summed E-state index contributed by atoms with van der Waals surface area (Å²) in [6.45, 7) is 0.803. The van der Waals surface area contributed by atoms with Gasteiger partial charge < -0.3 is 10.4 Å². The van der Waals surface area contributed by atoms with Gasteiger partial charge in [-0.25, -0.2) is 0 Å². The van der Waals surface area contributed by atoms with E-state index in [9.17, 15) is 10.4 Å². The summed E-state index contributed by atoms with van der Waals surface area (Å²) in [7, 11) is 0. The van der Waals surface area contributed by atoms with Crippen LogP contribution in [0.2, 0.25) is 0 Å². The predicted molar refractivity (Wildman–Crippen MR) is 76.4 cm³/mol. The Labute approximate surface area is 117 Å². The lowest BCUT2D eigenvalue weighted by Gasteiger charge is -2.19. The van der Waals surface area contributed by atoms with Gasteiger partial charge in [0.1, 0.15) is 6.54 Å². The Bertz CT molecular complexity index is 544. The second kappa shape index (κ2) is 7.13. The van der Waals surface area contributed by atoms with Crippen LogP contribution < -0.4 is 0 Å². The highest BCUT2D eigenvalue weighted by molar-refractivity contribution is 5.16. The highest BCUT2D eigenvalue weighted by Crippen LogP contribution is 2.07. The van der Waals surface area contributed by atoms with Gasteiger partial charge in [0.25, 0.3) is 0 Å². The molecule has 0 saturated carbocycles. The van der Waals surface area contributed by atoms with Crippen molar-refractivity contribution in [1.82, 2.24) is 5.01 Å². The number of rotatable bonds is 6. The molecule has 0 fully saturated rings. The Balaban J connectivity index is 2.01. The van der Waals surface area contributed by atoms with Crippen LogP contribution in [0, 0.1) is 10.4 Å². The third kappa shape index (κ3) is 3.98. The molecule has 0 saturated heterocycles. The number of hydrogen-bond acceptors (Lipinski definition) is 3. The molecule has 0 N–H and O–H groups in total. The van der Waals surface area contributed by atoms with Crippen LogP contribution in [-0.2, 0) is 13.0 Å². The largest absolute Gasteiger partial charge is 0.737 e. The number of hydrazine groups is 1. The topological polar surface area (TPSA) is 64.7 Å². The van der Waals surface area contributed by atoms with Crippen molar-refractivity contribution in [3.8, 4) is 0 Å². The number of benzene rings is 2. The molecule has 104 valence electrons. The maximum atomic E-state index is 11.5. The van der Waals surface area contributed by atoms with Crippen LogP contribution in [-0.4, -0.2) is 16.5 Å². The Hall–Kier alpha value is -2.56. The van der Waals surface area contributed by atoms with E-state index in [0.717, 1.165) is 11.1 Å². The van der Waals surface area contributed by atoms with Gasteiger partial charge in [-0.2, -0.15) is 0 Å². The van der Waals surface area contributed by atoms with Gasteiger partial charge in [-0.3, -0.25) is 0 Å². The molecule has 20 heavy (non-hydrogen) atoms. The molecule has 0 radical (unpaired) electrons. The molecular formula is C15H16N3O2-. The van der Waals surface area contributed by atoms with E-state index in [0.29, 0.717) is 19.5 Å². The Kier molecular flexibility index (Phi) is 4.94. The van der Waals surface area contributed by atoms with E-state index in [-0.39, 0.29) is 4.97 Å². The van der Waals surface area contributed by atoms with Crippen molar-refractivity contribution in [2.45, 2.75) is 13.0 Å². The highest BCUT2D eigenvalue weighted by atomic mass is 16.6. The summed E-state index contributed by atoms with van der Waals surface area (Å²) in [6.07, 6.45) is 0.682. The third-order valence-corrected chi connectivity index (χ3v) is 3.02. The first-order valence-electron chi connectivity index (χ1n) is 6.43. The minimum atomic E-state index is 0.121. The van der Waals surface area contributed by atoms with Gasteiger partial charge in [-0.15, -0.1) is 5.01 Å². The fraction of sp³-hybridized carbons (Fsp3) is 0.200. The van der Waals surface area contributed by atoms with Gasteiger partial charge in [0.15, 0.2) is 0 Å². The van der Waals surface area contributed by atoms with Gasteiger partial charge in [0.05, 0.1) is 6.54 Å². The summed E-state index contributed by atoms with van der Waals surface area (Å²) in [5, 5.41) is 25.8. The van der Waals surface area contributed by atoms with E-state index >= 15 is 0 Å². The van der Waals surface area contributed by atoms with Gasteiger partial charge in [-0.05, 0) is 22.8 Å². The molecular weight excluding hydrogens is 254 g/mol. The van der Waals surface area contributed by atoms with Crippen molar-refractivity contribution >= 4 is 0 Å².